The first-order valence-corrected chi connectivity index (χ1v) is 7.65. The van der Waals surface area contributed by atoms with Crippen LogP contribution < -0.4 is 10.1 Å². The van der Waals surface area contributed by atoms with Crippen LogP contribution >= 0.6 is 0 Å². The summed E-state index contributed by atoms with van der Waals surface area (Å²) < 4.78 is 10.5. The minimum Gasteiger partial charge on any atom is -0.482 e. The van der Waals surface area contributed by atoms with Gasteiger partial charge in [-0.3, -0.25) is 10.1 Å². The highest BCUT2D eigenvalue weighted by Crippen LogP contribution is 2.18. The van der Waals surface area contributed by atoms with Crippen molar-refractivity contribution in [1.29, 1.82) is 0 Å². The zero-order chi connectivity index (χ0) is 18.2. The molecule has 1 heterocycles. The Bertz CT molecular complexity index is 746. The van der Waals surface area contributed by atoms with E-state index in [1.165, 1.54) is 12.1 Å². The SMILES string of the molecule is Cc1ccc(C)c(OCC(=O)OCCNc2ccc([N+](=O)[O-])cn2)c1. The summed E-state index contributed by atoms with van der Waals surface area (Å²) in [5.74, 6) is 0.651. The van der Waals surface area contributed by atoms with Gasteiger partial charge in [0.05, 0.1) is 11.5 Å². The molecule has 0 spiro atoms. The van der Waals surface area contributed by atoms with Crippen molar-refractivity contribution in [2.45, 2.75) is 13.8 Å². The number of aromatic nitrogens is 1. The largest absolute Gasteiger partial charge is 0.482 e. The van der Waals surface area contributed by atoms with E-state index in [1.807, 2.05) is 32.0 Å². The lowest BCUT2D eigenvalue weighted by atomic mass is 10.1. The van der Waals surface area contributed by atoms with E-state index in [4.69, 9.17) is 9.47 Å². The predicted molar refractivity (Wildman–Crippen MR) is 91.8 cm³/mol. The first kappa shape index (κ1) is 18.2. The summed E-state index contributed by atoms with van der Waals surface area (Å²) in [5.41, 5.74) is 1.92. The fourth-order valence-corrected chi connectivity index (χ4v) is 1.98. The average Bonchev–Trinajstić information content (AvgIpc) is 2.60. The van der Waals surface area contributed by atoms with E-state index in [9.17, 15) is 14.9 Å². The third-order valence-corrected chi connectivity index (χ3v) is 3.32. The number of nitrogens with zero attached hydrogens (tertiary/aromatic N) is 2. The van der Waals surface area contributed by atoms with Crippen LogP contribution in [0.1, 0.15) is 11.1 Å². The van der Waals surface area contributed by atoms with E-state index in [1.54, 1.807) is 0 Å². The topological polar surface area (TPSA) is 104 Å². The summed E-state index contributed by atoms with van der Waals surface area (Å²) in [7, 11) is 0. The van der Waals surface area contributed by atoms with Crippen molar-refractivity contribution in [1.82, 2.24) is 4.98 Å². The molecule has 1 aromatic heterocycles. The van der Waals surface area contributed by atoms with Gasteiger partial charge in [-0.1, -0.05) is 12.1 Å². The first-order valence-electron chi connectivity index (χ1n) is 7.65. The molecule has 0 radical (unpaired) electrons. The molecular formula is C17H19N3O5. The molecule has 0 bridgehead atoms. The molecule has 2 aromatic rings. The molecule has 0 unspecified atom stereocenters. The number of rotatable bonds is 8. The van der Waals surface area contributed by atoms with Crippen LogP contribution in [0.3, 0.4) is 0 Å². The van der Waals surface area contributed by atoms with E-state index in [0.717, 1.165) is 17.3 Å². The number of ether oxygens (including phenoxy) is 2. The second-order valence-electron chi connectivity index (χ2n) is 5.36. The Morgan fingerprint density at radius 1 is 1.28 bits per heavy atom. The highest BCUT2D eigenvalue weighted by Gasteiger charge is 2.07. The molecule has 8 heteroatoms. The normalized spacial score (nSPS) is 10.2. The lowest BCUT2D eigenvalue weighted by Gasteiger charge is -2.10. The third kappa shape index (κ3) is 5.76. The van der Waals surface area contributed by atoms with Gasteiger partial charge in [-0.2, -0.15) is 0 Å². The standard InChI is InChI=1S/C17H19N3O5/c1-12-3-4-13(2)15(9-12)25-11-17(21)24-8-7-18-16-6-5-14(10-19-16)20(22)23/h3-6,9-10H,7-8,11H2,1-2H3,(H,18,19). The molecule has 0 fully saturated rings. The number of carbonyl (C=O) groups excluding carboxylic acids is 1. The van der Waals surface area contributed by atoms with Crippen molar-refractivity contribution < 1.29 is 19.2 Å². The Balaban J connectivity index is 1.68. The third-order valence-electron chi connectivity index (χ3n) is 3.32. The maximum atomic E-state index is 11.7. The van der Waals surface area contributed by atoms with Crippen molar-refractivity contribution in [3.05, 3.63) is 57.8 Å². The Kier molecular flexibility index (Phi) is 6.27. The summed E-state index contributed by atoms with van der Waals surface area (Å²) in [5, 5.41) is 13.4. The molecule has 132 valence electrons. The van der Waals surface area contributed by atoms with Gasteiger partial charge in [-0.05, 0) is 37.1 Å². The number of benzene rings is 1. The van der Waals surface area contributed by atoms with Gasteiger partial charge in [0.1, 0.15) is 24.4 Å². The maximum absolute atomic E-state index is 11.7. The molecular weight excluding hydrogens is 326 g/mol. The van der Waals surface area contributed by atoms with Crippen LogP contribution in [0.5, 0.6) is 5.75 Å². The van der Waals surface area contributed by atoms with Gasteiger partial charge in [-0.15, -0.1) is 0 Å². The Morgan fingerprint density at radius 2 is 2.08 bits per heavy atom. The van der Waals surface area contributed by atoms with E-state index in [2.05, 4.69) is 10.3 Å². The zero-order valence-electron chi connectivity index (χ0n) is 14.0. The van der Waals surface area contributed by atoms with Crippen LogP contribution in [0.2, 0.25) is 0 Å². The van der Waals surface area contributed by atoms with Crippen LogP contribution in [-0.4, -0.2) is 35.6 Å². The number of anilines is 1. The molecule has 0 aliphatic rings. The molecule has 0 saturated heterocycles. The quantitative estimate of drug-likeness (QED) is 0.339. The number of carbonyl (C=O) groups is 1. The van der Waals surface area contributed by atoms with Crippen molar-refractivity contribution in [2.24, 2.45) is 0 Å². The smallest absolute Gasteiger partial charge is 0.344 e. The summed E-state index contributed by atoms with van der Waals surface area (Å²) in [4.78, 5) is 25.6. The lowest BCUT2D eigenvalue weighted by Crippen LogP contribution is -2.19. The van der Waals surface area contributed by atoms with Crippen LogP contribution in [0.25, 0.3) is 0 Å². The number of nitro groups is 1. The van der Waals surface area contributed by atoms with Gasteiger partial charge < -0.3 is 14.8 Å². The molecule has 25 heavy (non-hydrogen) atoms. The number of nitrogens with one attached hydrogen (secondary N) is 1. The molecule has 0 saturated carbocycles. The Hall–Kier alpha value is -3.16. The molecule has 0 atom stereocenters. The van der Waals surface area contributed by atoms with E-state index in [-0.39, 0.29) is 18.9 Å². The summed E-state index contributed by atoms with van der Waals surface area (Å²) in [6.07, 6.45) is 1.16. The monoisotopic (exact) mass is 345 g/mol. The second-order valence-corrected chi connectivity index (χ2v) is 5.36. The van der Waals surface area contributed by atoms with Gasteiger partial charge >= 0.3 is 5.97 Å². The van der Waals surface area contributed by atoms with Gasteiger partial charge in [0.2, 0.25) is 0 Å². The van der Waals surface area contributed by atoms with Crippen LogP contribution in [-0.2, 0) is 9.53 Å². The van der Waals surface area contributed by atoms with Gasteiger partial charge in [0.15, 0.2) is 6.61 Å². The lowest BCUT2D eigenvalue weighted by molar-refractivity contribution is -0.385. The van der Waals surface area contributed by atoms with Crippen molar-refractivity contribution in [2.75, 3.05) is 25.1 Å². The highest BCUT2D eigenvalue weighted by molar-refractivity contribution is 5.71. The fourth-order valence-electron chi connectivity index (χ4n) is 1.98. The molecule has 8 nitrogen and oxygen atoms in total. The number of aryl methyl sites for hydroxylation is 2. The summed E-state index contributed by atoms with van der Waals surface area (Å²) in [6, 6.07) is 8.60. The Morgan fingerprint density at radius 3 is 2.76 bits per heavy atom. The van der Waals surface area contributed by atoms with Crippen LogP contribution in [0.4, 0.5) is 11.5 Å². The Labute approximate surface area is 144 Å². The molecule has 1 N–H and O–H groups in total. The fraction of sp³-hybridized carbons (Fsp3) is 0.294. The van der Waals surface area contributed by atoms with Crippen LogP contribution in [0, 0.1) is 24.0 Å². The van der Waals surface area contributed by atoms with Gasteiger partial charge in [0, 0.05) is 6.07 Å². The minimum atomic E-state index is -0.519. The number of esters is 1. The van der Waals surface area contributed by atoms with Gasteiger partial charge in [-0.25, -0.2) is 9.78 Å². The van der Waals surface area contributed by atoms with Gasteiger partial charge in [0.25, 0.3) is 5.69 Å². The molecule has 1 aromatic carbocycles. The van der Waals surface area contributed by atoms with E-state index >= 15 is 0 Å². The molecule has 2 rings (SSSR count). The molecule has 0 aliphatic carbocycles. The van der Waals surface area contributed by atoms with Crippen LogP contribution in [0.15, 0.2) is 36.5 Å². The van der Waals surface area contributed by atoms with E-state index < -0.39 is 10.9 Å². The first-order chi connectivity index (χ1) is 12.0. The number of pyridine rings is 1. The maximum Gasteiger partial charge on any atom is 0.344 e. The summed E-state index contributed by atoms with van der Waals surface area (Å²) >= 11 is 0. The average molecular weight is 345 g/mol. The minimum absolute atomic E-state index is 0.0828. The highest BCUT2D eigenvalue weighted by atomic mass is 16.6. The number of hydrogen-bond acceptors (Lipinski definition) is 7. The predicted octanol–water partition coefficient (Wildman–Crippen LogP) is 2.64. The van der Waals surface area contributed by atoms with Crippen molar-refractivity contribution in [3.63, 3.8) is 0 Å². The van der Waals surface area contributed by atoms with Crippen molar-refractivity contribution in [3.8, 4) is 5.75 Å². The van der Waals surface area contributed by atoms with E-state index in [0.29, 0.717) is 18.1 Å². The summed E-state index contributed by atoms with van der Waals surface area (Å²) in [6.45, 7) is 4.15. The zero-order valence-corrected chi connectivity index (χ0v) is 14.0. The second kappa shape index (κ2) is 8.62. The molecule has 0 amide bonds. The molecule has 0 aliphatic heterocycles. The number of hydrogen-bond donors (Lipinski definition) is 1. The van der Waals surface area contributed by atoms with Crippen molar-refractivity contribution >= 4 is 17.5 Å².